The van der Waals surface area contributed by atoms with Crippen LogP contribution in [0.3, 0.4) is 0 Å². The third kappa shape index (κ3) is 4.81. The lowest BCUT2D eigenvalue weighted by molar-refractivity contribution is -0.357. The summed E-state index contributed by atoms with van der Waals surface area (Å²) < 4.78 is 27.3. The van der Waals surface area contributed by atoms with Crippen molar-refractivity contribution in [2.45, 2.75) is 61.4 Å². The van der Waals surface area contributed by atoms with Crippen molar-refractivity contribution in [3.63, 3.8) is 0 Å². The van der Waals surface area contributed by atoms with Crippen LogP contribution < -0.4 is 10.4 Å². The van der Waals surface area contributed by atoms with E-state index in [4.69, 9.17) is 23.4 Å². The molecule has 34 heavy (non-hydrogen) atoms. The Labute approximate surface area is 191 Å². The quantitative estimate of drug-likeness (QED) is 0.201. The molecule has 2 saturated heterocycles. The van der Waals surface area contributed by atoms with Gasteiger partial charge in [-0.3, -0.25) is 0 Å². The summed E-state index contributed by atoms with van der Waals surface area (Å²) in [6, 6.07) is 7.30. The first-order valence-corrected chi connectivity index (χ1v) is 10.5. The van der Waals surface area contributed by atoms with Crippen molar-refractivity contribution in [3.8, 4) is 5.75 Å². The van der Waals surface area contributed by atoms with Crippen LogP contribution in [0.4, 0.5) is 0 Å². The highest BCUT2D eigenvalue weighted by atomic mass is 16.8. The largest absolute Gasteiger partial charge is 0.462 e. The normalized spacial score (nSPS) is 38.7. The van der Waals surface area contributed by atoms with Gasteiger partial charge in [-0.2, -0.15) is 0 Å². The van der Waals surface area contributed by atoms with Gasteiger partial charge in [0.2, 0.25) is 6.29 Å². The van der Waals surface area contributed by atoms with Crippen LogP contribution in [0.25, 0.3) is 11.0 Å². The molecular formula is C21H26O13. The predicted octanol–water partition coefficient (Wildman–Crippen LogP) is -3.20. The first-order chi connectivity index (χ1) is 16.2. The van der Waals surface area contributed by atoms with E-state index in [0.717, 1.165) is 0 Å². The number of aliphatic hydroxyl groups excluding tert-OH is 7. The molecule has 1 aromatic carbocycles. The van der Waals surface area contributed by atoms with Crippen molar-refractivity contribution >= 4 is 11.0 Å². The van der Waals surface area contributed by atoms with Gasteiger partial charge in [0, 0.05) is 17.5 Å². The minimum absolute atomic E-state index is 0.120. The van der Waals surface area contributed by atoms with Crippen molar-refractivity contribution in [2.75, 3.05) is 13.2 Å². The highest BCUT2D eigenvalue weighted by molar-refractivity contribution is 5.77. The molecule has 4 rings (SSSR count). The fourth-order valence-electron chi connectivity index (χ4n) is 3.88. The molecule has 13 heteroatoms. The molecule has 0 spiro atoms. The Morgan fingerprint density at radius 3 is 2.06 bits per heavy atom. The van der Waals surface area contributed by atoms with Gasteiger partial charge in [0.25, 0.3) is 0 Å². The zero-order chi connectivity index (χ0) is 24.6. The van der Waals surface area contributed by atoms with Crippen molar-refractivity contribution in [1.82, 2.24) is 0 Å². The second-order valence-electron chi connectivity index (χ2n) is 8.08. The first-order valence-electron chi connectivity index (χ1n) is 10.5. The molecule has 3 heterocycles. The molecule has 7 N–H and O–H groups in total. The van der Waals surface area contributed by atoms with E-state index in [0.29, 0.717) is 5.39 Å². The molecule has 188 valence electrons. The molecule has 0 aliphatic carbocycles. The molecule has 0 saturated carbocycles. The van der Waals surface area contributed by atoms with Gasteiger partial charge in [-0.1, -0.05) is 0 Å². The van der Waals surface area contributed by atoms with E-state index in [1.54, 1.807) is 12.1 Å². The van der Waals surface area contributed by atoms with E-state index in [9.17, 15) is 40.5 Å². The number of benzene rings is 1. The van der Waals surface area contributed by atoms with Gasteiger partial charge in [-0.25, -0.2) is 4.79 Å². The molecule has 10 atom stereocenters. The second-order valence-corrected chi connectivity index (χ2v) is 8.08. The molecule has 13 nitrogen and oxygen atoms in total. The Bertz CT molecular complexity index is 1030. The molecule has 0 radical (unpaired) electrons. The summed E-state index contributed by atoms with van der Waals surface area (Å²) in [5, 5.41) is 70.7. The summed E-state index contributed by atoms with van der Waals surface area (Å²) in [7, 11) is 0. The number of fused-ring (bicyclic) bond motifs is 1. The van der Waals surface area contributed by atoms with E-state index < -0.39 is 80.3 Å². The van der Waals surface area contributed by atoms with E-state index >= 15 is 0 Å². The number of hydrogen-bond acceptors (Lipinski definition) is 13. The maximum Gasteiger partial charge on any atom is 0.336 e. The number of ether oxygens (including phenoxy) is 4. The molecule has 2 aromatic rings. The summed E-state index contributed by atoms with van der Waals surface area (Å²) in [6.07, 6.45) is -15.7. The minimum atomic E-state index is -1.78. The zero-order valence-electron chi connectivity index (χ0n) is 17.7. The predicted molar refractivity (Wildman–Crippen MR) is 110 cm³/mol. The lowest BCUT2D eigenvalue weighted by atomic mass is 9.97. The lowest BCUT2D eigenvalue weighted by Crippen LogP contribution is -2.65. The molecule has 0 bridgehead atoms. The van der Waals surface area contributed by atoms with Crippen LogP contribution in [0.15, 0.2) is 39.5 Å². The van der Waals surface area contributed by atoms with Crippen molar-refractivity contribution < 1.29 is 59.1 Å². The van der Waals surface area contributed by atoms with Crippen LogP contribution in [0, 0.1) is 0 Å². The standard InChI is InChI=1S/C21H26O13/c22-6-11-14(25)16(27)18(29)20(32-11)34-19-17(28)15(26)12(7-23)33-21(19)30-9-3-1-8-2-4-13(24)31-10(8)5-9/h1-5,11-12,14-23,25-29H,6-7H2/t11-,12-,14-,15-,16+,17+,18-,19-,20+,21-/m1/s1. The van der Waals surface area contributed by atoms with Gasteiger partial charge in [-0.05, 0) is 18.2 Å². The molecule has 0 amide bonds. The Kier molecular flexibility index (Phi) is 7.49. The average molecular weight is 486 g/mol. The average Bonchev–Trinajstić information content (AvgIpc) is 2.83. The fourth-order valence-corrected chi connectivity index (χ4v) is 3.88. The smallest absolute Gasteiger partial charge is 0.336 e. The minimum Gasteiger partial charge on any atom is -0.462 e. The van der Waals surface area contributed by atoms with E-state index in [1.807, 2.05) is 0 Å². The fraction of sp³-hybridized carbons (Fsp3) is 0.571. The molecule has 2 aliphatic heterocycles. The Morgan fingerprint density at radius 1 is 0.765 bits per heavy atom. The summed E-state index contributed by atoms with van der Waals surface area (Å²) >= 11 is 0. The highest BCUT2D eigenvalue weighted by Crippen LogP contribution is 2.31. The number of aliphatic hydroxyl groups is 7. The highest BCUT2D eigenvalue weighted by Gasteiger charge is 2.51. The first kappa shape index (κ1) is 24.9. The van der Waals surface area contributed by atoms with Gasteiger partial charge in [0.1, 0.15) is 54.1 Å². The van der Waals surface area contributed by atoms with Crippen LogP contribution in [-0.2, 0) is 14.2 Å². The van der Waals surface area contributed by atoms with Crippen LogP contribution in [0.2, 0.25) is 0 Å². The number of rotatable bonds is 6. The molecule has 1 aromatic heterocycles. The molecule has 2 aliphatic rings. The summed E-state index contributed by atoms with van der Waals surface area (Å²) in [5.74, 6) is 0.120. The maximum atomic E-state index is 11.5. The van der Waals surface area contributed by atoms with Gasteiger partial charge in [0.15, 0.2) is 12.4 Å². The summed E-state index contributed by atoms with van der Waals surface area (Å²) in [5.41, 5.74) is -0.382. The molecule has 2 fully saturated rings. The third-order valence-electron chi connectivity index (χ3n) is 5.81. The van der Waals surface area contributed by atoms with Gasteiger partial charge in [0.05, 0.1) is 13.2 Å². The van der Waals surface area contributed by atoms with Crippen LogP contribution in [0.5, 0.6) is 5.75 Å². The lowest BCUT2D eigenvalue weighted by Gasteiger charge is -2.45. The third-order valence-corrected chi connectivity index (χ3v) is 5.81. The summed E-state index contributed by atoms with van der Waals surface area (Å²) in [4.78, 5) is 11.5. The topological polar surface area (TPSA) is 209 Å². The molecular weight excluding hydrogens is 460 g/mol. The van der Waals surface area contributed by atoms with E-state index in [1.165, 1.54) is 18.2 Å². The van der Waals surface area contributed by atoms with Crippen molar-refractivity contribution in [3.05, 3.63) is 40.8 Å². The SMILES string of the molecule is O=c1ccc2ccc(O[C@@H]3O[C@H](CO)[C@@H](O)[C@H](O)[C@H]3O[C@@H]3O[C@H](CO)[C@@H](O)[C@H](O)[C@H]3O)cc2o1. The Hall–Kier alpha value is -2.17. The van der Waals surface area contributed by atoms with E-state index in [-0.39, 0.29) is 11.3 Å². The van der Waals surface area contributed by atoms with E-state index in [2.05, 4.69) is 0 Å². The van der Waals surface area contributed by atoms with Crippen LogP contribution in [-0.4, -0.2) is 110 Å². The second kappa shape index (κ2) is 10.2. The maximum absolute atomic E-state index is 11.5. The summed E-state index contributed by atoms with van der Waals surface area (Å²) in [6.45, 7) is -1.37. The van der Waals surface area contributed by atoms with Gasteiger partial charge >= 0.3 is 5.63 Å². The van der Waals surface area contributed by atoms with Gasteiger partial charge < -0.3 is 59.1 Å². The number of hydrogen-bond donors (Lipinski definition) is 7. The zero-order valence-corrected chi connectivity index (χ0v) is 17.7. The van der Waals surface area contributed by atoms with Crippen LogP contribution >= 0.6 is 0 Å². The van der Waals surface area contributed by atoms with Gasteiger partial charge in [-0.15, -0.1) is 0 Å². The molecule has 0 unspecified atom stereocenters. The Morgan fingerprint density at radius 2 is 1.38 bits per heavy atom. The van der Waals surface area contributed by atoms with Crippen LogP contribution in [0.1, 0.15) is 0 Å². The van der Waals surface area contributed by atoms with Crippen molar-refractivity contribution in [1.29, 1.82) is 0 Å². The van der Waals surface area contributed by atoms with Crippen molar-refractivity contribution in [2.24, 2.45) is 0 Å². The Balaban J connectivity index is 1.60. The monoisotopic (exact) mass is 486 g/mol.